The van der Waals surface area contributed by atoms with Gasteiger partial charge >= 0.3 is 0 Å². The Labute approximate surface area is 152 Å². The molecular formula is C17H22ClN3O4. The van der Waals surface area contributed by atoms with Crippen molar-refractivity contribution in [2.75, 3.05) is 31.6 Å². The minimum atomic E-state index is -0.628. The first kappa shape index (κ1) is 20.7. The number of ether oxygens (including phenoxy) is 1. The number of para-hydroxylation sites is 3. The van der Waals surface area contributed by atoms with Crippen molar-refractivity contribution < 1.29 is 14.8 Å². The Kier molecular flexibility index (Phi) is 9.31. The fourth-order valence-electron chi connectivity index (χ4n) is 2.10. The molecule has 0 heterocycles. The summed E-state index contributed by atoms with van der Waals surface area (Å²) in [5.74, 6) is 0.717. The van der Waals surface area contributed by atoms with Crippen LogP contribution in [0.5, 0.6) is 5.75 Å². The van der Waals surface area contributed by atoms with Gasteiger partial charge in [-0.15, -0.1) is 12.4 Å². The second-order valence-corrected chi connectivity index (χ2v) is 5.18. The summed E-state index contributed by atoms with van der Waals surface area (Å²) < 4.78 is 5.46. The summed E-state index contributed by atoms with van der Waals surface area (Å²) in [6.07, 6.45) is -0.628. The van der Waals surface area contributed by atoms with Gasteiger partial charge in [0.2, 0.25) is 0 Å². The van der Waals surface area contributed by atoms with Gasteiger partial charge in [0, 0.05) is 25.7 Å². The third kappa shape index (κ3) is 7.38. The number of hydrogen-bond acceptors (Lipinski definition) is 6. The van der Waals surface area contributed by atoms with Crippen molar-refractivity contribution >= 4 is 23.8 Å². The topological polar surface area (TPSA) is 96.7 Å². The molecular weight excluding hydrogens is 346 g/mol. The molecule has 7 nitrogen and oxygen atoms in total. The molecule has 2 aromatic carbocycles. The maximum Gasteiger partial charge on any atom is 0.292 e. The second kappa shape index (κ2) is 11.2. The van der Waals surface area contributed by atoms with Gasteiger partial charge in [0.05, 0.1) is 4.92 Å². The Balaban J connectivity index is 0.00000312. The first-order chi connectivity index (χ1) is 11.7. The summed E-state index contributed by atoms with van der Waals surface area (Å²) in [4.78, 5) is 10.5. The van der Waals surface area contributed by atoms with E-state index >= 15 is 0 Å². The highest BCUT2D eigenvalue weighted by Gasteiger charge is 2.11. The number of aliphatic hydroxyl groups is 1. The highest BCUT2D eigenvalue weighted by Crippen LogP contribution is 2.22. The zero-order valence-corrected chi connectivity index (χ0v) is 14.4. The molecule has 0 spiro atoms. The highest BCUT2D eigenvalue weighted by molar-refractivity contribution is 5.85. The normalized spacial score (nSPS) is 11.2. The van der Waals surface area contributed by atoms with Crippen LogP contribution in [-0.2, 0) is 0 Å². The predicted octanol–water partition coefficient (Wildman–Crippen LogP) is 2.46. The maximum absolute atomic E-state index is 10.9. The largest absolute Gasteiger partial charge is 0.491 e. The van der Waals surface area contributed by atoms with E-state index in [1.807, 2.05) is 30.3 Å². The lowest BCUT2D eigenvalue weighted by Gasteiger charge is -2.13. The number of nitro groups is 1. The number of anilines is 1. The smallest absolute Gasteiger partial charge is 0.292 e. The fourth-order valence-corrected chi connectivity index (χ4v) is 2.10. The number of halogens is 1. The van der Waals surface area contributed by atoms with Crippen molar-refractivity contribution in [3.8, 4) is 5.75 Å². The summed E-state index contributed by atoms with van der Waals surface area (Å²) in [6.45, 7) is 1.66. The van der Waals surface area contributed by atoms with Gasteiger partial charge in [-0.05, 0) is 18.2 Å². The standard InChI is InChI=1S/C17H21N3O4.ClH/c21-14(13-24-15-6-2-1-3-7-15)12-18-10-11-19-16-8-4-5-9-17(16)20(22)23;/h1-9,14,18-19,21H,10-13H2;1H. The molecule has 3 N–H and O–H groups in total. The van der Waals surface area contributed by atoms with Crippen LogP contribution in [0.25, 0.3) is 0 Å². The van der Waals surface area contributed by atoms with Crippen LogP contribution in [0.3, 0.4) is 0 Å². The SMILES string of the molecule is Cl.O=[N+]([O-])c1ccccc1NCCNCC(O)COc1ccccc1. The average molecular weight is 368 g/mol. The minimum absolute atomic E-state index is 0. The number of benzene rings is 2. The van der Waals surface area contributed by atoms with Crippen LogP contribution in [0.2, 0.25) is 0 Å². The van der Waals surface area contributed by atoms with E-state index in [-0.39, 0.29) is 24.7 Å². The highest BCUT2D eigenvalue weighted by atomic mass is 35.5. The molecule has 2 rings (SSSR count). The molecule has 0 amide bonds. The molecule has 2 aromatic rings. The molecule has 1 atom stereocenters. The zero-order chi connectivity index (χ0) is 17.2. The zero-order valence-electron chi connectivity index (χ0n) is 13.6. The molecule has 0 saturated carbocycles. The molecule has 0 radical (unpaired) electrons. The Bertz CT molecular complexity index is 643. The van der Waals surface area contributed by atoms with E-state index in [1.165, 1.54) is 6.07 Å². The molecule has 0 fully saturated rings. The predicted molar refractivity (Wildman–Crippen MR) is 99.6 cm³/mol. The number of rotatable bonds is 10. The van der Waals surface area contributed by atoms with E-state index in [1.54, 1.807) is 18.2 Å². The minimum Gasteiger partial charge on any atom is -0.491 e. The van der Waals surface area contributed by atoms with Gasteiger partial charge in [-0.1, -0.05) is 30.3 Å². The molecule has 1 unspecified atom stereocenters. The Hall–Kier alpha value is -2.35. The summed E-state index contributed by atoms with van der Waals surface area (Å²) in [5, 5.41) is 26.8. The molecule has 0 saturated heterocycles. The van der Waals surface area contributed by atoms with Gasteiger partial charge in [-0.3, -0.25) is 10.1 Å². The van der Waals surface area contributed by atoms with E-state index in [2.05, 4.69) is 10.6 Å². The molecule has 0 aliphatic carbocycles. The third-order valence-electron chi connectivity index (χ3n) is 3.28. The van der Waals surface area contributed by atoms with Gasteiger partial charge in [0.1, 0.15) is 24.1 Å². The van der Waals surface area contributed by atoms with Crippen molar-refractivity contribution in [3.63, 3.8) is 0 Å². The number of nitrogens with one attached hydrogen (secondary N) is 2. The van der Waals surface area contributed by atoms with Crippen LogP contribution in [0.1, 0.15) is 0 Å². The fraction of sp³-hybridized carbons (Fsp3) is 0.294. The van der Waals surface area contributed by atoms with Crippen molar-refractivity contribution in [3.05, 3.63) is 64.7 Å². The first-order valence-electron chi connectivity index (χ1n) is 7.70. The lowest BCUT2D eigenvalue weighted by Crippen LogP contribution is -2.34. The van der Waals surface area contributed by atoms with Gasteiger partial charge < -0.3 is 20.5 Å². The van der Waals surface area contributed by atoms with Crippen molar-refractivity contribution in [2.24, 2.45) is 0 Å². The van der Waals surface area contributed by atoms with Crippen LogP contribution in [0.15, 0.2) is 54.6 Å². The van der Waals surface area contributed by atoms with Gasteiger partial charge in [-0.2, -0.15) is 0 Å². The Morgan fingerprint density at radius 1 is 1.08 bits per heavy atom. The summed E-state index contributed by atoms with van der Waals surface area (Å²) in [5.41, 5.74) is 0.533. The Morgan fingerprint density at radius 3 is 2.48 bits per heavy atom. The number of hydrogen-bond donors (Lipinski definition) is 3. The summed E-state index contributed by atoms with van der Waals surface area (Å²) in [7, 11) is 0. The number of aliphatic hydroxyl groups excluding tert-OH is 1. The van der Waals surface area contributed by atoms with E-state index < -0.39 is 11.0 Å². The van der Waals surface area contributed by atoms with E-state index in [0.29, 0.717) is 25.3 Å². The molecule has 0 aliphatic rings. The molecule has 25 heavy (non-hydrogen) atoms. The molecule has 8 heteroatoms. The van der Waals surface area contributed by atoms with Crippen LogP contribution in [-0.4, -0.2) is 42.4 Å². The average Bonchev–Trinajstić information content (AvgIpc) is 2.61. The van der Waals surface area contributed by atoms with Crippen molar-refractivity contribution in [1.29, 1.82) is 0 Å². The Morgan fingerprint density at radius 2 is 1.76 bits per heavy atom. The van der Waals surface area contributed by atoms with Crippen molar-refractivity contribution in [1.82, 2.24) is 5.32 Å². The maximum atomic E-state index is 10.9. The molecule has 0 aliphatic heterocycles. The van der Waals surface area contributed by atoms with Crippen LogP contribution in [0.4, 0.5) is 11.4 Å². The second-order valence-electron chi connectivity index (χ2n) is 5.18. The van der Waals surface area contributed by atoms with Crippen LogP contribution in [0, 0.1) is 10.1 Å². The number of nitrogens with zero attached hydrogens (tertiary/aromatic N) is 1. The number of nitro benzene ring substituents is 1. The van der Waals surface area contributed by atoms with Crippen molar-refractivity contribution in [2.45, 2.75) is 6.10 Å². The van der Waals surface area contributed by atoms with E-state index in [9.17, 15) is 15.2 Å². The quantitative estimate of drug-likeness (QED) is 0.339. The molecule has 0 bridgehead atoms. The van der Waals surface area contributed by atoms with Gasteiger partial charge in [0.25, 0.3) is 5.69 Å². The summed E-state index contributed by atoms with van der Waals surface area (Å²) >= 11 is 0. The van der Waals surface area contributed by atoms with E-state index in [0.717, 1.165) is 5.75 Å². The first-order valence-corrected chi connectivity index (χ1v) is 7.70. The lowest BCUT2D eigenvalue weighted by molar-refractivity contribution is -0.384. The summed E-state index contributed by atoms with van der Waals surface area (Å²) in [6, 6.07) is 15.8. The van der Waals surface area contributed by atoms with E-state index in [4.69, 9.17) is 4.74 Å². The monoisotopic (exact) mass is 367 g/mol. The van der Waals surface area contributed by atoms with Crippen LogP contribution < -0.4 is 15.4 Å². The molecule has 0 aromatic heterocycles. The van der Waals surface area contributed by atoms with Gasteiger partial charge in [0.15, 0.2) is 0 Å². The lowest BCUT2D eigenvalue weighted by atomic mass is 10.2. The van der Waals surface area contributed by atoms with Crippen LogP contribution >= 0.6 is 12.4 Å². The third-order valence-corrected chi connectivity index (χ3v) is 3.28. The van der Waals surface area contributed by atoms with Gasteiger partial charge in [-0.25, -0.2) is 0 Å². The molecule has 136 valence electrons.